The molecule has 10 nitrogen and oxygen atoms in total. The number of hydrogen-bond acceptors (Lipinski definition) is 9. The molecule has 2 saturated heterocycles. The van der Waals surface area contributed by atoms with Gasteiger partial charge in [-0.15, -0.1) is 0 Å². The monoisotopic (exact) mass is 631 g/mol. The van der Waals surface area contributed by atoms with Gasteiger partial charge in [0.05, 0.1) is 30.8 Å². The zero-order valence-corrected chi connectivity index (χ0v) is 26.9. The fraction of sp³-hybridized carbons (Fsp3) is 0.405. The van der Waals surface area contributed by atoms with Gasteiger partial charge in [0, 0.05) is 48.9 Å². The number of amides is 1. The summed E-state index contributed by atoms with van der Waals surface area (Å²) in [6, 6.07) is 27.3. The first-order valence-corrected chi connectivity index (χ1v) is 16.6. The summed E-state index contributed by atoms with van der Waals surface area (Å²) in [5.41, 5.74) is 4.20. The third-order valence-corrected chi connectivity index (χ3v) is 9.76. The highest BCUT2D eigenvalue weighted by molar-refractivity contribution is 5.94. The van der Waals surface area contributed by atoms with Crippen LogP contribution in [0.5, 0.6) is 6.01 Å². The quantitative estimate of drug-likeness (QED) is 0.253. The smallest absolute Gasteiger partial charge is 0.410 e. The highest BCUT2D eigenvalue weighted by atomic mass is 16.6. The van der Waals surface area contributed by atoms with Crippen LogP contribution >= 0.6 is 0 Å². The van der Waals surface area contributed by atoms with Gasteiger partial charge >= 0.3 is 12.1 Å². The summed E-state index contributed by atoms with van der Waals surface area (Å²) in [4.78, 5) is 31.9. The fourth-order valence-electron chi connectivity index (χ4n) is 7.14. The molecule has 242 valence electrons. The third kappa shape index (κ3) is 6.67. The first-order chi connectivity index (χ1) is 23.1. The van der Waals surface area contributed by atoms with Crippen molar-refractivity contribution in [3.8, 4) is 12.1 Å². The number of nitriles is 1. The number of aromatic nitrogens is 2. The van der Waals surface area contributed by atoms with Gasteiger partial charge in [-0.25, -0.2) is 4.79 Å². The van der Waals surface area contributed by atoms with E-state index < -0.39 is 6.09 Å². The Labute approximate surface area is 276 Å². The summed E-state index contributed by atoms with van der Waals surface area (Å²) in [5.74, 6) is 0.850. The van der Waals surface area contributed by atoms with Crippen molar-refractivity contribution in [2.75, 3.05) is 56.2 Å². The van der Waals surface area contributed by atoms with E-state index in [2.05, 4.69) is 70.3 Å². The van der Waals surface area contributed by atoms with Crippen molar-refractivity contribution in [1.29, 1.82) is 5.26 Å². The summed E-state index contributed by atoms with van der Waals surface area (Å²) in [7, 11) is 2.14. The third-order valence-electron chi connectivity index (χ3n) is 9.76. The number of carbonyl (C=O) groups excluding carboxylic acids is 1. The van der Waals surface area contributed by atoms with E-state index in [1.165, 1.54) is 22.9 Å². The van der Waals surface area contributed by atoms with Crippen molar-refractivity contribution >= 4 is 28.4 Å². The number of rotatable bonds is 8. The average Bonchev–Trinajstić information content (AvgIpc) is 3.53. The largest absolute Gasteiger partial charge is 0.462 e. The van der Waals surface area contributed by atoms with Crippen molar-refractivity contribution in [3.05, 3.63) is 89.6 Å². The first kappa shape index (κ1) is 30.8. The molecule has 2 atom stereocenters. The van der Waals surface area contributed by atoms with Gasteiger partial charge in [0.15, 0.2) is 0 Å². The number of piperazine rings is 1. The SMILES string of the molecule is CN1CCC[C@H]1COc1nc2c(c(N3CCN(C(=O)OCc4ccccc4)[C@@H](CC#N)C3)n1)CCN(c1cccc3ccccc13)C2. The van der Waals surface area contributed by atoms with Crippen molar-refractivity contribution in [2.45, 2.75) is 50.9 Å². The fourth-order valence-corrected chi connectivity index (χ4v) is 7.14. The van der Waals surface area contributed by atoms with E-state index >= 15 is 0 Å². The summed E-state index contributed by atoms with van der Waals surface area (Å²) >= 11 is 0. The van der Waals surface area contributed by atoms with Crippen LogP contribution in [0.4, 0.5) is 16.3 Å². The molecule has 1 amide bonds. The van der Waals surface area contributed by atoms with Crippen LogP contribution in [0.15, 0.2) is 72.8 Å². The average molecular weight is 632 g/mol. The second-order valence-electron chi connectivity index (χ2n) is 12.7. The molecule has 1 aromatic heterocycles. The van der Waals surface area contributed by atoms with Crippen LogP contribution in [0.2, 0.25) is 0 Å². The van der Waals surface area contributed by atoms with Crippen molar-refractivity contribution in [2.24, 2.45) is 0 Å². The number of likely N-dealkylation sites (tertiary alicyclic amines) is 1. The summed E-state index contributed by atoms with van der Waals surface area (Å²) in [6.45, 7) is 4.78. The van der Waals surface area contributed by atoms with Crippen LogP contribution in [0.25, 0.3) is 10.8 Å². The number of benzene rings is 3. The summed E-state index contributed by atoms with van der Waals surface area (Å²) in [5, 5.41) is 12.2. The number of ether oxygens (including phenoxy) is 2. The van der Waals surface area contributed by atoms with E-state index in [1.807, 2.05) is 30.3 Å². The number of nitrogens with zero attached hydrogens (tertiary/aromatic N) is 7. The molecular formula is C37H41N7O3. The van der Waals surface area contributed by atoms with Crippen LogP contribution in [0.3, 0.4) is 0 Å². The van der Waals surface area contributed by atoms with E-state index in [4.69, 9.17) is 19.4 Å². The number of fused-ring (bicyclic) bond motifs is 2. The first-order valence-electron chi connectivity index (χ1n) is 16.6. The van der Waals surface area contributed by atoms with Crippen LogP contribution in [-0.2, 0) is 24.3 Å². The lowest BCUT2D eigenvalue weighted by molar-refractivity contribution is 0.0767. The molecule has 0 unspecified atom stereocenters. The molecule has 0 N–H and O–H groups in total. The Kier molecular flexibility index (Phi) is 9.07. The number of likely N-dealkylation sites (N-methyl/N-ethyl adjacent to an activating group) is 1. The van der Waals surface area contributed by atoms with Crippen molar-refractivity contribution in [1.82, 2.24) is 19.8 Å². The van der Waals surface area contributed by atoms with Gasteiger partial charge in [-0.1, -0.05) is 66.7 Å². The van der Waals surface area contributed by atoms with Gasteiger partial charge in [0.25, 0.3) is 0 Å². The molecule has 3 aliphatic heterocycles. The molecule has 0 aliphatic carbocycles. The second kappa shape index (κ2) is 13.9. The van der Waals surface area contributed by atoms with Crippen LogP contribution in [-0.4, -0.2) is 84.3 Å². The molecule has 10 heteroatoms. The maximum absolute atomic E-state index is 13.2. The maximum atomic E-state index is 13.2. The van der Waals surface area contributed by atoms with Gasteiger partial charge in [-0.2, -0.15) is 15.2 Å². The van der Waals surface area contributed by atoms with Gasteiger partial charge in [-0.3, -0.25) is 0 Å². The Morgan fingerprint density at radius 2 is 1.77 bits per heavy atom. The van der Waals surface area contributed by atoms with Crippen molar-refractivity contribution < 1.29 is 14.3 Å². The Bertz CT molecular complexity index is 1760. The van der Waals surface area contributed by atoms with E-state index in [-0.39, 0.29) is 19.1 Å². The minimum absolute atomic E-state index is 0.197. The molecular weight excluding hydrogens is 590 g/mol. The summed E-state index contributed by atoms with van der Waals surface area (Å²) < 4.78 is 12.0. The highest BCUT2D eigenvalue weighted by Crippen LogP contribution is 2.35. The molecule has 0 bridgehead atoms. The zero-order valence-electron chi connectivity index (χ0n) is 26.9. The van der Waals surface area contributed by atoms with E-state index in [0.717, 1.165) is 48.6 Å². The zero-order chi connectivity index (χ0) is 32.2. The Morgan fingerprint density at radius 1 is 0.936 bits per heavy atom. The van der Waals surface area contributed by atoms with Crippen LogP contribution in [0, 0.1) is 11.3 Å². The molecule has 4 aromatic rings. The van der Waals surface area contributed by atoms with E-state index in [0.29, 0.717) is 44.8 Å². The maximum Gasteiger partial charge on any atom is 0.410 e. The molecule has 2 fully saturated rings. The van der Waals surface area contributed by atoms with Crippen molar-refractivity contribution in [3.63, 3.8) is 0 Å². The predicted octanol–water partition coefficient (Wildman–Crippen LogP) is 5.41. The van der Waals surface area contributed by atoms with Gasteiger partial charge < -0.3 is 29.1 Å². The lowest BCUT2D eigenvalue weighted by Gasteiger charge is -2.42. The lowest BCUT2D eigenvalue weighted by atomic mass is 10.0. The van der Waals surface area contributed by atoms with Gasteiger partial charge in [-0.05, 0) is 49.9 Å². The van der Waals surface area contributed by atoms with Gasteiger partial charge in [0.1, 0.15) is 19.0 Å². The Balaban J connectivity index is 1.15. The predicted molar refractivity (Wildman–Crippen MR) is 181 cm³/mol. The standard InChI is InChI=1S/C37H41N7O3/c1-41-19-8-13-30(41)26-46-36-39-33-24-42(34-15-7-12-28-11-5-6-14-31(28)34)20-17-32(33)35(40-36)43-21-22-44(29(23-43)16-18-38)37(45)47-25-27-9-3-2-4-10-27/h2-7,9-12,14-15,29-30H,8,13,16-17,19-26H2,1H3/t29-,30-/m0/s1. The molecule has 4 heterocycles. The Hall–Kier alpha value is -4.88. The second-order valence-corrected chi connectivity index (χ2v) is 12.7. The number of hydrogen-bond donors (Lipinski definition) is 0. The van der Waals surface area contributed by atoms with Crippen LogP contribution < -0.4 is 14.5 Å². The lowest BCUT2D eigenvalue weighted by Crippen LogP contribution is -2.55. The molecule has 0 saturated carbocycles. The Morgan fingerprint density at radius 3 is 2.60 bits per heavy atom. The molecule has 7 rings (SSSR count). The summed E-state index contributed by atoms with van der Waals surface area (Å²) in [6.07, 6.45) is 2.85. The van der Waals surface area contributed by atoms with Gasteiger partial charge in [0.2, 0.25) is 0 Å². The molecule has 3 aromatic carbocycles. The molecule has 0 spiro atoms. The minimum Gasteiger partial charge on any atom is -0.462 e. The van der Waals surface area contributed by atoms with E-state index in [9.17, 15) is 10.1 Å². The molecule has 47 heavy (non-hydrogen) atoms. The topological polar surface area (TPSA) is 98.1 Å². The number of anilines is 2. The molecule has 3 aliphatic rings. The minimum atomic E-state index is -0.395. The highest BCUT2D eigenvalue weighted by Gasteiger charge is 2.35. The number of carbonyl (C=O) groups is 1. The normalized spacial score (nSPS) is 19.8. The van der Waals surface area contributed by atoms with Crippen LogP contribution in [0.1, 0.15) is 36.1 Å². The van der Waals surface area contributed by atoms with E-state index in [1.54, 1.807) is 4.90 Å². The molecule has 0 radical (unpaired) electrons.